The second-order valence-corrected chi connectivity index (χ2v) is 4.01. The highest BCUT2D eigenvalue weighted by atomic mass is 32.1. The summed E-state index contributed by atoms with van der Waals surface area (Å²) in [5, 5.41) is 6.44. The summed E-state index contributed by atoms with van der Waals surface area (Å²) in [6.45, 7) is 4.90. The lowest BCUT2D eigenvalue weighted by atomic mass is 10.3. The van der Waals surface area contributed by atoms with Crippen LogP contribution in [0.1, 0.15) is 17.6 Å². The predicted octanol–water partition coefficient (Wildman–Crippen LogP) is 1.61. The van der Waals surface area contributed by atoms with Gasteiger partial charge in [-0.1, -0.05) is 5.92 Å². The van der Waals surface area contributed by atoms with Gasteiger partial charge in [0.1, 0.15) is 0 Å². The molecule has 0 aliphatic rings. The zero-order valence-corrected chi connectivity index (χ0v) is 8.82. The van der Waals surface area contributed by atoms with Gasteiger partial charge >= 0.3 is 0 Å². The normalized spacial score (nSPS) is 12.4. The fourth-order valence-corrected chi connectivity index (χ4v) is 1.65. The molecule has 1 atom stereocenters. The third-order valence-corrected chi connectivity index (χ3v) is 2.57. The van der Waals surface area contributed by atoms with Crippen LogP contribution in [0.5, 0.6) is 0 Å². The topological polar surface area (TPSA) is 24.9 Å². The molecule has 0 spiro atoms. The fourth-order valence-electron chi connectivity index (χ4n) is 0.999. The molecule has 0 bridgehead atoms. The maximum absolute atomic E-state index is 5.23. The van der Waals surface area contributed by atoms with Gasteiger partial charge < -0.3 is 5.32 Å². The van der Waals surface area contributed by atoms with Crippen molar-refractivity contribution in [2.45, 2.75) is 26.3 Å². The fraction of sp³-hybridized carbons (Fsp3) is 0.500. The Balaban J connectivity index is 2.25. The van der Waals surface area contributed by atoms with Crippen LogP contribution < -0.4 is 5.32 Å². The lowest BCUT2D eigenvalue weighted by Crippen LogP contribution is -2.26. The van der Waals surface area contributed by atoms with Crippen LogP contribution in [-0.2, 0) is 6.42 Å². The molecule has 0 aromatic carbocycles. The molecule has 0 amide bonds. The van der Waals surface area contributed by atoms with Crippen molar-refractivity contribution in [1.29, 1.82) is 0 Å². The summed E-state index contributed by atoms with van der Waals surface area (Å²) in [4.78, 5) is 4.36. The van der Waals surface area contributed by atoms with Gasteiger partial charge in [0, 0.05) is 18.3 Å². The minimum absolute atomic E-state index is 0.153. The van der Waals surface area contributed by atoms with Crippen molar-refractivity contribution in [1.82, 2.24) is 10.3 Å². The van der Waals surface area contributed by atoms with E-state index < -0.39 is 0 Å². The van der Waals surface area contributed by atoms with E-state index in [-0.39, 0.29) is 6.04 Å². The van der Waals surface area contributed by atoms with E-state index in [0.29, 0.717) is 0 Å². The monoisotopic (exact) mass is 194 g/mol. The molecular weight excluding hydrogens is 180 g/mol. The van der Waals surface area contributed by atoms with Crippen molar-refractivity contribution >= 4 is 11.3 Å². The van der Waals surface area contributed by atoms with Crippen molar-refractivity contribution in [3.63, 3.8) is 0 Å². The van der Waals surface area contributed by atoms with E-state index in [1.165, 1.54) is 0 Å². The zero-order chi connectivity index (χ0) is 9.68. The smallest absolute Gasteiger partial charge is 0.0897 e. The molecule has 1 unspecified atom stereocenters. The first-order valence-electron chi connectivity index (χ1n) is 4.33. The number of thiazole rings is 1. The van der Waals surface area contributed by atoms with E-state index in [2.05, 4.69) is 21.6 Å². The first-order chi connectivity index (χ1) is 6.22. The molecule has 0 fully saturated rings. The van der Waals surface area contributed by atoms with Crippen molar-refractivity contribution in [3.8, 4) is 12.3 Å². The van der Waals surface area contributed by atoms with E-state index in [9.17, 15) is 0 Å². The zero-order valence-electron chi connectivity index (χ0n) is 8.00. The third-order valence-electron chi connectivity index (χ3n) is 1.75. The first kappa shape index (κ1) is 10.2. The average Bonchev–Trinajstić information content (AvgIpc) is 2.51. The Morgan fingerprint density at radius 3 is 3.08 bits per heavy atom. The van der Waals surface area contributed by atoms with Crippen LogP contribution in [0.3, 0.4) is 0 Å². The summed E-state index contributed by atoms with van der Waals surface area (Å²) >= 11 is 1.69. The highest BCUT2D eigenvalue weighted by Crippen LogP contribution is 2.07. The van der Waals surface area contributed by atoms with Gasteiger partial charge in [0.25, 0.3) is 0 Å². The average molecular weight is 194 g/mol. The third kappa shape index (κ3) is 3.58. The summed E-state index contributed by atoms with van der Waals surface area (Å²) in [5.74, 6) is 2.63. The molecule has 0 aliphatic heterocycles. The Hall–Kier alpha value is -0.850. The number of aromatic nitrogens is 1. The van der Waals surface area contributed by atoms with Crippen LogP contribution >= 0.6 is 11.3 Å². The van der Waals surface area contributed by atoms with Gasteiger partial charge in [0.15, 0.2) is 0 Å². The molecule has 1 aromatic rings. The van der Waals surface area contributed by atoms with Crippen molar-refractivity contribution in [2.24, 2.45) is 0 Å². The van der Waals surface area contributed by atoms with Gasteiger partial charge in [-0.3, -0.25) is 0 Å². The van der Waals surface area contributed by atoms with Crippen LogP contribution in [0.25, 0.3) is 0 Å². The highest BCUT2D eigenvalue weighted by molar-refractivity contribution is 7.09. The maximum Gasteiger partial charge on any atom is 0.0897 e. The Morgan fingerprint density at radius 2 is 2.54 bits per heavy atom. The molecule has 0 saturated heterocycles. The molecule has 13 heavy (non-hydrogen) atoms. The van der Waals surface area contributed by atoms with Crippen LogP contribution in [0, 0.1) is 19.3 Å². The molecule has 1 heterocycles. The standard InChI is InChI=1S/C10H14N2S/c1-4-8(2)11-6-5-10-7-13-9(3)12-10/h1,7-8,11H,5-6H2,2-3H3. The van der Waals surface area contributed by atoms with E-state index in [1.807, 2.05) is 13.8 Å². The molecular formula is C10H14N2S. The maximum atomic E-state index is 5.23. The quantitative estimate of drug-likeness (QED) is 0.737. The minimum Gasteiger partial charge on any atom is -0.304 e. The molecule has 0 radical (unpaired) electrons. The van der Waals surface area contributed by atoms with E-state index in [0.717, 1.165) is 23.7 Å². The van der Waals surface area contributed by atoms with Gasteiger partial charge in [0.2, 0.25) is 0 Å². The Morgan fingerprint density at radius 1 is 1.77 bits per heavy atom. The predicted molar refractivity (Wildman–Crippen MR) is 56.9 cm³/mol. The largest absolute Gasteiger partial charge is 0.304 e. The summed E-state index contributed by atoms with van der Waals surface area (Å²) in [6, 6.07) is 0.153. The molecule has 0 aliphatic carbocycles. The van der Waals surface area contributed by atoms with Crippen LogP contribution in [0.15, 0.2) is 5.38 Å². The Bertz CT molecular complexity index is 298. The molecule has 3 heteroatoms. The van der Waals surface area contributed by atoms with Gasteiger partial charge in [0.05, 0.1) is 16.7 Å². The van der Waals surface area contributed by atoms with Gasteiger partial charge in [-0.25, -0.2) is 4.98 Å². The Labute approximate surface area is 83.4 Å². The van der Waals surface area contributed by atoms with Gasteiger partial charge in [-0.15, -0.1) is 17.8 Å². The number of nitrogens with one attached hydrogen (secondary N) is 1. The molecule has 1 rings (SSSR count). The number of terminal acetylenes is 1. The number of nitrogens with zero attached hydrogens (tertiary/aromatic N) is 1. The van der Waals surface area contributed by atoms with E-state index >= 15 is 0 Å². The summed E-state index contributed by atoms with van der Waals surface area (Å²) in [7, 11) is 0. The molecule has 2 nitrogen and oxygen atoms in total. The molecule has 0 saturated carbocycles. The number of aryl methyl sites for hydroxylation is 1. The van der Waals surface area contributed by atoms with Crippen molar-refractivity contribution < 1.29 is 0 Å². The first-order valence-corrected chi connectivity index (χ1v) is 5.21. The minimum atomic E-state index is 0.153. The van der Waals surface area contributed by atoms with Gasteiger partial charge in [-0.2, -0.15) is 0 Å². The van der Waals surface area contributed by atoms with Crippen LogP contribution in [0.4, 0.5) is 0 Å². The second kappa shape index (κ2) is 5.00. The molecule has 1 aromatic heterocycles. The molecule has 1 N–H and O–H groups in total. The van der Waals surface area contributed by atoms with E-state index in [4.69, 9.17) is 6.42 Å². The Kier molecular flexibility index (Phi) is 3.94. The van der Waals surface area contributed by atoms with Crippen LogP contribution in [0.2, 0.25) is 0 Å². The molecule has 70 valence electrons. The van der Waals surface area contributed by atoms with Crippen molar-refractivity contribution in [2.75, 3.05) is 6.54 Å². The van der Waals surface area contributed by atoms with E-state index in [1.54, 1.807) is 11.3 Å². The SMILES string of the molecule is C#CC(C)NCCc1csc(C)n1. The summed E-state index contributed by atoms with van der Waals surface area (Å²) in [5.41, 5.74) is 1.15. The lowest BCUT2D eigenvalue weighted by molar-refractivity contribution is 0.642. The number of rotatable bonds is 4. The highest BCUT2D eigenvalue weighted by Gasteiger charge is 1.99. The summed E-state index contributed by atoms with van der Waals surface area (Å²) in [6.07, 6.45) is 6.18. The van der Waals surface area contributed by atoms with Crippen molar-refractivity contribution in [3.05, 3.63) is 16.1 Å². The number of hydrogen-bond acceptors (Lipinski definition) is 3. The number of hydrogen-bond donors (Lipinski definition) is 1. The second-order valence-electron chi connectivity index (χ2n) is 2.95. The summed E-state index contributed by atoms with van der Waals surface area (Å²) < 4.78 is 0. The van der Waals surface area contributed by atoms with Gasteiger partial charge in [-0.05, 0) is 13.8 Å². The van der Waals surface area contributed by atoms with Crippen LogP contribution in [-0.4, -0.2) is 17.6 Å². The lowest BCUT2D eigenvalue weighted by Gasteiger charge is -2.04.